The lowest BCUT2D eigenvalue weighted by Gasteiger charge is -1.99. The number of aryl methyl sites for hydroxylation is 1. The highest BCUT2D eigenvalue weighted by molar-refractivity contribution is 6.04. The third-order valence-electron chi connectivity index (χ3n) is 2.00. The molecule has 1 aromatic heterocycles. The fourth-order valence-electron chi connectivity index (χ4n) is 1.41. The molecule has 0 saturated carbocycles. The fourth-order valence-corrected chi connectivity index (χ4v) is 1.41. The van der Waals surface area contributed by atoms with Gasteiger partial charge in [0.25, 0.3) is 5.91 Å². The monoisotopic (exact) mass is 175 g/mol. The second-order valence-electron chi connectivity index (χ2n) is 2.89. The lowest BCUT2D eigenvalue weighted by atomic mass is 10.2. The molecule has 4 heteroatoms. The molecule has 2 rings (SSSR count). The van der Waals surface area contributed by atoms with E-state index in [1.165, 1.54) is 0 Å². The minimum absolute atomic E-state index is 0.422. The summed E-state index contributed by atoms with van der Waals surface area (Å²) in [4.78, 5) is 15.2. The first-order valence-corrected chi connectivity index (χ1v) is 3.90. The molecule has 1 heterocycles. The van der Waals surface area contributed by atoms with Gasteiger partial charge < -0.3 is 10.3 Å². The summed E-state index contributed by atoms with van der Waals surface area (Å²) in [6, 6.07) is 5.32. The van der Waals surface area contributed by atoms with Crippen LogP contribution in [0.1, 0.15) is 10.4 Å². The Hall–Kier alpha value is -1.84. The number of aromatic nitrogens is 2. The number of benzene rings is 1. The summed E-state index contributed by atoms with van der Waals surface area (Å²) in [5.74, 6) is -0.422. The predicted octanol–water partition coefficient (Wildman–Crippen LogP) is 0.672. The molecule has 13 heavy (non-hydrogen) atoms. The highest BCUT2D eigenvalue weighted by atomic mass is 16.1. The fraction of sp³-hybridized carbons (Fsp3) is 0.111. The minimum atomic E-state index is -0.422. The first-order valence-electron chi connectivity index (χ1n) is 3.90. The SMILES string of the molecule is Cn1cnc2cccc(C(N)=O)c21. The van der Waals surface area contributed by atoms with Crippen molar-refractivity contribution in [3.05, 3.63) is 30.1 Å². The van der Waals surface area contributed by atoms with Gasteiger partial charge in [0.1, 0.15) is 0 Å². The van der Waals surface area contributed by atoms with Crippen LogP contribution in [-0.4, -0.2) is 15.5 Å². The van der Waals surface area contributed by atoms with Crippen LogP contribution in [0, 0.1) is 0 Å². The molecule has 0 aliphatic carbocycles. The smallest absolute Gasteiger partial charge is 0.250 e. The summed E-state index contributed by atoms with van der Waals surface area (Å²) in [6.45, 7) is 0. The van der Waals surface area contributed by atoms with Crippen molar-refractivity contribution in [2.75, 3.05) is 0 Å². The molecule has 0 aliphatic heterocycles. The highest BCUT2D eigenvalue weighted by Gasteiger charge is 2.08. The van der Waals surface area contributed by atoms with E-state index in [2.05, 4.69) is 4.98 Å². The van der Waals surface area contributed by atoms with Gasteiger partial charge in [0.05, 0.1) is 22.9 Å². The number of para-hydroxylation sites is 1. The van der Waals surface area contributed by atoms with Crippen LogP contribution in [0.5, 0.6) is 0 Å². The van der Waals surface area contributed by atoms with Crippen LogP contribution in [0.2, 0.25) is 0 Å². The number of hydrogen-bond donors (Lipinski definition) is 1. The van der Waals surface area contributed by atoms with E-state index in [9.17, 15) is 4.79 Å². The number of carbonyl (C=O) groups excluding carboxylic acids is 1. The number of primary amides is 1. The van der Waals surface area contributed by atoms with Crippen LogP contribution >= 0.6 is 0 Å². The summed E-state index contributed by atoms with van der Waals surface area (Å²) >= 11 is 0. The lowest BCUT2D eigenvalue weighted by Crippen LogP contribution is -2.12. The molecular formula is C9H9N3O. The van der Waals surface area contributed by atoms with Crippen molar-refractivity contribution in [3.63, 3.8) is 0 Å². The van der Waals surface area contributed by atoms with Crippen LogP contribution in [-0.2, 0) is 7.05 Å². The molecule has 0 fully saturated rings. The summed E-state index contributed by atoms with van der Waals surface area (Å²) in [5, 5.41) is 0. The zero-order chi connectivity index (χ0) is 9.42. The number of amides is 1. The van der Waals surface area contributed by atoms with Crippen LogP contribution in [0.3, 0.4) is 0 Å². The third kappa shape index (κ3) is 1.07. The standard InChI is InChI=1S/C9H9N3O/c1-12-5-11-7-4-2-3-6(8(7)12)9(10)13/h2-5H,1H3,(H2,10,13). The number of nitrogens with zero attached hydrogens (tertiary/aromatic N) is 2. The van der Waals surface area contributed by atoms with Gasteiger partial charge in [-0.25, -0.2) is 4.98 Å². The second kappa shape index (κ2) is 2.58. The lowest BCUT2D eigenvalue weighted by molar-refractivity contribution is 0.100. The van der Waals surface area contributed by atoms with Crippen LogP contribution in [0.4, 0.5) is 0 Å². The van der Waals surface area contributed by atoms with Crippen LogP contribution in [0.25, 0.3) is 11.0 Å². The van der Waals surface area contributed by atoms with Gasteiger partial charge in [0, 0.05) is 7.05 Å². The first-order chi connectivity index (χ1) is 6.20. The summed E-state index contributed by atoms with van der Waals surface area (Å²) in [5.41, 5.74) is 7.32. The maximum atomic E-state index is 11.0. The molecule has 0 saturated heterocycles. The number of fused-ring (bicyclic) bond motifs is 1. The van der Waals surface area contributed by atoms with Crippen molar-refractivity contribution in [3.8, 4) is 0 Å². The molecule has 0 atom stereocenters. The zero-order valence-electron chi connectivity index (χ0n) is 7.19. The Morgan fingerprint density at radius 3 is 3.00 bits per heavy atom. The van der Waals surface area contributed by atoms with Crippen molar-refractivity contribution in [1.29, 1.82) is 0 Å². The molecule has 4 nitrogen and oxygen atoms in total. The van der Waals surface area contributed by atoms with Gasteiger partial charge in [0.2, 0.25) is 0 Å². The Balaban J connectivity index is 2.88. The Bertz CT molecular complexity index is 473. The molecular weight excluding hydrogens is 166 g/mol. The molecule has 2 aromatic rings. The topological polar surface area (TPSA) is 60.9 Å². The van der Waals surface area contributed by atoms with Crippen LogP contribution < -0.4 is 5.73 Å². The summed E-state index contributed by atoms with van der Waals surface area (Å²) < 4.78 is 1.79. The molecule has 0 bridgehead atoms. The molecule has 0 aliphatic rings. The Morgan fingerprint density at radius 2 is 2.31 bits per heavy atom. The van der Waals surface area contributed by atoms with E-state index in [4.69, 9.17) is 5.73 Å². The van der Waals surface area contributed by atoms with E-state index < -0.39 is 5.91 Å². The van der Waals surface area contributed by atoms with E-state index in [0.29, 0.717) is 5.56 Å². The van der Waals surface area contributed by atoms with E-state index in [1.54, 1.807) is 23.0 Å². The molecule has 66 valence electrons. The van der Waals surface area contributed by atoms with Gasteiger partial charge >= 0.3 is 0 Å². The number of rotatable bonds is 1. The quantitative estimate of drug-likeness (QED) is 0.692. The van der Waals surface area contributed by atoms with Gasteiger partial charge in [-0.3, -0.25) is 4.79 Å². The van der Waals surface area contributed by atoms with Crippen LogP contribution in [0.15, 0.2) is 24.5 Å². The highest BCUT2D eigenvalue weighted by Crippen LogP contribution is 2.15. The summed E-state index contributed by atoms with van der Waals surface area (Å²) in [7, 11) is 1.84. The van der Waals surface area contributed by atoms with Gasteiger partial charge in [-0.2, -0.15) is 0 Å². The van der Waals surface area contributed by atoms with Gasteiger partial charge in [-0.05, 0) is 12.1 Å². The number of hydrogen-bond acceptors (Lipinski definition) is 2. The van der Waals surface area contributed by atoms with Crippen molar-refractivity contribution in [1.82, 2.24) is 9.55 Å². The maximum Gasteiger partial charge on any atom is 0.250 e. The Morgan fingerprint density at radius 1 is 1.54 bits per heavy atom. The van der Waals surface area contributed by atoms with Crippen molar-refractivity contribution < 1.29 is 4.79 Å². The van der Waals surface area contributed by atoms with Crippen molar-refractivity contribution in [2.24, 2.45) is 12.8 Å². The normalized spacial score (nSPS) is 10.5. The van der Waals surface area contributed by atoms with E-state index in [1.807, 2.05) is 13.1 Å². The van der Waals surface area contributed by atoms with Gasteiger partial charge in [0.15, 0.2) is 0 Å². The molecule has 0 unspecified atom stereocenters. The maximum absolute atomic E-state index is 11.0. The van der Waals surface area contributed by atoms with E-state index in [-0.39, 0.29) is 0 Å². The van der Waals surface area contributed by atoms with E-state index >= 15 is 0 Å². The minimum Gasteiger partial charge on any atom is -0.366 e. The second-order valence-corrected chi connectivity index (χ2v) is 2.89. The largest absolute Gasteiger partial charge is 0.366 e. The Kier molecular flexibility index (Phi) is 1.55. The average Bonchev–Trinajstić information content (AvgIpc) is 2.48. The number of carbonyl (C=O) groups is 1. The average molecular weight is 175 g/mol. The first kappa shape index (κ1) is 7.79. The third-order valence-corrected chi connectivity index (χ3v) is 2.00. The molecule has 0 spiro atoms. The molecule has 1 amide bonds. The molecule has 0 radical (unpaired) electrons. The number of nitrogens with two attached hydrogens (primary N) is 1. The zero-order valence-corrected chi connectivity index (χ0v) is 7.19. The van der Waals surface area contributed by atoms with Gasteiger partial charge in [-0.15, -0.1) is 0 Å². The predicted molar refractivity (Wildman–Crippen MR) is 49.2 cm³/mol. The number of imidazole rings is 1. The Labute approximate surface area is 75.0 Å². The van der Waals surface area contributed by atoms with Crippen molar-refractivity contribution in [2.45, 2.75) is 0 Å². The molecule has 1 aromatic carbocycles. The van der Waals surface area contributed by atoms with E-state index in [0.717, 1.165) is 11.0 Å². The molecule has 2 N–H and O–H groups in total. The summed E-state index contributed by atoms with van der Waals surface area (Å²) in [6.07, 6.45) is 1.66. The van der Waals surface area contributed by atoms with Gasteiger partial charge in [-0.1, -0.05) is 6.07 Å². The van der Waals surface area contributed by atoms with Crippen molar-refractivity contribution >= 4 is 16.9 Å².